The second-order valence-corrected chi connectivity index (χ2v) is 3.88. The van der Waals surface area contributed by atoms with Crippen LogP contribution in [0.5, 0.6) is 5.75 Å². The highest BCUT2D eigenvalue weighted by Gasteiger charge is 2.38. The van der Waals surface area contributed by atoms with E-state index in [0.717, 1.165) is 6.07 Å². The van der Waals surface area contributed by atoms with Crippen molar-refractivity contribution in [3.8, 4) is 5.75 Å². The van der Waals surface area contributed by atoms with Gasteiger partial charge in [-0.2, -0.15) is 13.2 Å². The van der Waals surface area contributed by atoms with Gasteiger partial charge < -0.3 is 9.84 Å². The molecule has 2 unspecified atom stereocenters. The topological polar surface area (TPSA) is 29.5 Å². The molecule has 5 heteroatoms. The molecule has 0 spiro atoms. The van der Waals surface area contributed by atoms with Gasteiger partial charge in [0.15, 0.2) is 0 Å². The molecule has 0 bridgehead atoms. The van der Waals surface area contributed by atoms with Gasteiger partial charge in [-0.1, -0.05) is 6.07 Å². The van der Waals surface area contributed by atoms with Gasteiger partial charge in [0.1, 0.15) is 11.9 Å². The van der Waals surface area contributed by atoms with Crippen molar-refractivity contribution in [2.75, 3.05) is 0 Å². The van der Waals surface area contributed by atoms with E-state index < -0.39 is 23.9 Å². The molecule has 1 N–H and O–H groups in total. The second kappa shape index (κ2) is 3.66. The zero-order valence-electron chi connectivity index (χ0n) is 8.58. The van der Waals surface area contributed by atoms with Crippen molar-refractivity contribution in [3.05, 3.63) is 29.3 Å². The fourth-order valence-corrected chi connectivity index (χ4v) is 1.83. The number of hydrogen-bond donors (Lipinski definition) is 1. The Hall–Kier alpha value is -1.23. The highest BCUT2D eigenvalue weighted by atomic mass is 19.4. The molecule has 1 aromatic carbocycles. The Morgan fingerprint density at radius 1 is 1.44 bits per heavy atom. The highest BCUT2D eigenvalue weighted by Crippen LogP contribution is 2.40. The molecule has 2 atom stereocenters. The van der Waals surface area contributed by atoms with Gasteiger partial charge in [-0.3, -0.25) is 0 Å². The van der Waals surface area contributed by atoms with Crippen LogP contribution in [0, 0.1) is 0 Å². The molecule has 16 heavy (non-hydrogen) atoms. The molecule has 1 heterocycles. The highest BCUT2D eigenvalue weighted by molar-refractivity contribution is 5.45. The maximum Gasteiger partial charge on any atom is 0.416 e. The third kappa shape index (κ3) is 1.87. The van der Waals surface area contributed by atoms with Gasteiger partial charge in [-0.25, -0.2) is 0 Å². The third-order valence-electron chi connectivity index (χ3n) is 2.66. The smallest absolute Gasteiger partial charge is 0.416 e. The molecule has 0 saturated heterocycles. The minimum Gasteiger partial charge on any atom is -0.487 e. The predicted molar refractivity (Wildman–Crippen MR) is 51.2 cm³/mol. The summed E-state index contributed by atoms with van der Waals surface area (Å²) in [5.41, 5.74) is -0.533. The fraction of sp³-hybridized carbons (Fsp3) is 0.455. The lowest BCUT2D eigenvalue weighted by atomic mass is 10.0. The van der Waals surface area contributed by atoms with Gasteiger partial charge in [0.05, 0.1) is 11.7 Å². The Morgan fingerprint density at radius 3 is 2.69 bits per heavy atom. The van der Waals surface area contributed by atoms with Crippen molar-refractivity contribution in [3.63, 3.8) is 0 Å². The number of halogens is 3. The summed E-state index contributed by atoms with van der Waals surface area (Å²) in [6.45, 7) is 1.50. The lowest BCUT2D eigenvalue weighted by Crippen LogP contribution is -2.27. The van der Waals surface area contributed by atoms with Crippen LogP contribution in [0.1, 0.15) is 18.1 Å². The van der Waals surface area contributed by atoms with E-state index >= 15 is 0 Å². The minimum absolute atomic E-state index is 0.0999. The number of hydrogen-bond acceptors (Lipinski definition) is 2. The lowest BCUT2D eigenvalue weighted by molar-refractivity contribution is -0.138. The maximum absolute atomic E-state index is 12.7. The van der Waals surface area contributed by atoms with E-state index in [9.17, 15) is 18.3 Å². The molecule has 1 aromatic rings. The Morgan fingerprint density at radius 2 is 2.12 bits per heavy atom. The summed E-state index contributed by atoms with van der Waals surface area (Å²) in [6.07, 6.45) is -5.64. The van der Waals surface area contributed by atoms with Crippen LogP contribution in [0.25, 0.3) is 0 Å². The van der Waals surface area contributed by atoms with Crippen LogP contribution in [-0.2, 0) is 12.6 Å². The largest absolute Gasteiger partial charge is 0.487 e. The van der Waals surface area contributed by atoms with Gasteiger partial charge in [-0.05, 0) is 19.1 Å². The molecule has 0 radical (unpaired) electrons. The van der Waals surface area contributed by atoms with Crippen LogP contribution < -0.4 is 4.74 Å². The van der Waals surface area contributed by atoms with Crippen LogP contribution >= 0.6 is 0 Å². The Kier molecular flexibility index (Phi) is 2.58. The number of aliphatic hydroxyl groups excluding tert-OH is 1. The van der Waals surface area contributed by atoms with E-state index in [2.05, 4.69) is 0 Å². The van der Waals surface area contributed by atoms with Crippen molar-refractivity contribution in [2.24, 2.45) is 0 Å². The van der Waals surface area contributed by atoms with E-state index in [0.29, 0.717) is 0 Å². The lowest BCUT2D eigenvalue weighted by Gasteiger charge is -2.12. The molecule has 1 aliphatic rings. The average Bonchev–Trinajstić information content (AvgIpc) is 2.58. The fourth-order valence-electron chi connectivity index (χ4n) is 1.83. The molecule has 88 valence electrons. The summed E-state index contributed by atoms with van der Waals surface area (Å²) in [5.74, 6) is 0.223. The summed E-state index contributed by atoms with van der Waals surface area (Å²) in [6, 6.07) is 3.84. The number of ether oxygens (including phenoxy) is 1. The summed E-state index contributed by atoms with van der Waals surface area (Å²) in [7, 11) is 0. The van der Waals surface area contributed by atoms with Crippen LogP contribution in [0.2, 0.25) is 0 Å². The predicted octanol–water partition coefficient (Wildman–Crippen LogP) is 2.39. The maximum atomic E-state index is 12.7. The summed E-state index contributed by atoms with van der Waals surface area (Å²) < 4.78 is 43.2. The summed E-state index contributed by atoms with van der Waals surface area (Å²) in [5, 5.41) is 9.31. The molecular formula is C11H11F3O2. The molecule has 2 nitrogen and oxygen atoms in total. The number of alkyl halides is 3. The number of benzene rings is 1. The molecule has 0 aromatic heterocycles. The molecule has 0 fully saturated rings. The van der Waals surface area contributed by atoms with E-state index in [1.807, 2.05) is 0 Å². The Labute approximate surface area is 90.7 Å². The Balaban J connectivity index is 2.39. The van der Waals surface area contributed by atoms with Crippen LogP contribution in [-0.4, -0.2) is 17.3 Å². The number of rotatable bonds is 1. The minimum atomic E-state index is -4.37. The summed E-state index contributed by atoms with van der Waals surface area (Å²) >= 11 is 0. The van der Waals surface area contributed by atoms with Crippen molar-refractivity contribution in [1.82, 2.24) is 0 Å². The average molecular weight is 232 g/mol. The number of fused-ring (bicyclic) bond motifs is 1. The zero-order valence-corrected chi connectivity index (χ0v) is 8.58. The van der Waals surface area contributed by atoms with Crippen LogP contribution in [0.15, 0.2) is 18.2 Å². The van der Waals surface area contributed by atoms with Gasteiger partial charge in [-0.15, -0.1) is 0 Å². The normalized spacial score (nSPS) is 21.4. The van der Waals surface area contributed by atoms with Crippen molar-refractivity contribution >= 4 is 0 Å². The Bertz CT molecular complexity index is 399. The summed E-state index contributed by atoms with van der Waals surface area (Å²) in [4.78, 5) is 0. The molecule has 0 amide bonds. The van der Waals surface area contributed by atoms with Gasteiger partial charge in [0, 0.05) is 12.0 Å². The zero-order chi connectivity index (χ0) is 11.9. The van der Waals surface area contributed by atoms with E-state index in [-0.39, 0.29) is 17.7 Å². The first-order valence-electron chi connectivity index (χ1n) is 4.93. The van der Waals surface area contributed by atoms with E-state index in [1.165, 1.54) is 19.1 Å². The van der Waals surface area contributed by atoms with Crippen molar-refractivity contribution in [1.29, 1.82) is 0 Å². The van der Waals surface area contributed by atoms with Crippen LogP contribution in [0.4, 0.5) is 13.2 Å². The monoisotopic (exact) mass is 232 g/mol. The first kappa shape index (κ1) is 11.3. The van der Waals surface area contributed by atoms with Gasteiger partial charge in [0.25, 0.3) is 0 Å². The molecular weight excluding hydrogens is 221 g/mol. The quantitative estimate of drug-likeness (QED) is 0.805. The van der Waals surface area contributed by atoms with E-state index in [1.54, 1.807) is 0 Å². The van der Waals surface area contributed by atoms with Crippen molar-refractivity contribution < 1.29 is 23.0 Å². The van der Waals surface area contributed by atoms with Gasteiger partial charge >= 0.3 is 6.18 Å². The standard InChI is InChI=1S/C11H11F3O2/c1-6(15)10-5-7-8(11(12,13)14)3-2-4-9(7)16-10/h2-4,6,10,15H,5H2,1H3. The first-order valence-corrected chi connectivity index (χ1v) is 4.93. The van der Waals surface area contributed by atoms with Crippen molar-refractivity contribution in [2.45, 2.75) is 31.7 Å². The molecule has 0 aliphatic carbocycles. The molecule has 1 aliphatic heterocycles. The molecule has 0 saturated carbocycles. The number of aliphatic hydroxyl groups is 1. The van der Waals surface area contributed by atoms with Crippen LogP contribution in [0.3, 0.4) is 0 Å². The second-order valence-electron chi connectivity index (χ2n) is 3.88. The van der Waals surface area contributed by atoms with Gasteiger partial charge in [0.2, 0.25) is 0 Å². The third-order valence-corrected chi connectivity index (χ3v) is 2.66. The van der Waals surface area contributed by atoms with E-state index in [4.69, 9.17) is 4.74 Å². The molecule has 2 rings (SSSR count). The first-order chi connectivity index (χ1) is 7.39. The SMILES string of the molecule is CC(O)C1Cc2c(cccc2C(F)(F)F)O1.